The Morgan fingerprint density at radius 2 is 2.00 bits per heavy atom. The van der Waals surface area contributed by atoms with Crippen LogP contribution in [0.4, 0.5) is 0 Å². The number of ether oxygens (including phenoxy) is 1. The molecule has 0 amide bonds. The molecular weight excluding hydrogens is 306 g/mol. The SMILES string of the molecule is COC(=O)C(c1ccccc1C)N1CCN(Cc2ccon2)CC1. The molecule has 2 heterocycles. The maximum atomic E-state index is 12.4. The molecule has 1 aliphatic rings. The molecule has 0 bridgehead atoms. The normalized spacial score (nSPS) is 17.6. The summed E-state index contributed by atoms with van der Waals surface area (Å²) < 4.78 is 9.95. The van der Waals surface area contributed by atoms with Gasteiger partial charge in [-0.3, -0.25) is 9.80 Å². The Bertz CT molecular complexity index is 664. The lowest BCUT2D eigenvalue weighted by molar-refractivity contribution is -0.148. The molecule has 6 heteroatoms. The van der Waals surface area contributed by atoms with E-state index in [1.165, 1.54) is 7.11 Å². The Kier molecular flexibility index (Phi) is 5.27. The van der Waals surface area contributed by atoms with E-state index in [4.69, 9.17) is 9.26 Å². The third-order valence-electron chi connectivity index (χ3n) is 4.56. The van der Waals surface area contributed by atoms with Crippen LogP contribution in [0.25, 0.3) is 0 Å². The number of aryl methyl sites for hydroxylation is 1. The van der Waals surface area contributed by atoms with Crippen molar-refractivity contribution in [1.29, 1.82) is 0 Å². The zero-order chi connectivity index (χ0) is 16.9. The number of methoxy groups -OCH3 is 1. The van der Waals surface area contributed by atoms with Crippen molar-refractivity contribution in [3.63, 3.8) is 0 Å². The van der Waals surface area contributed by atoms with Crippen LogP contribution in [0.5, 0.6) is 0 Å². The number of carbonyl (C=O) groups excluding carboxylic acids is 1. The van der Waals surface area contributed by atoms with Gasteiger partial charge in [0.1, 0.15) is 12.3 Å². The van der Waals surface area contributed by atoms with Gasteiger partial charge in [0.15, 0.2) is 0 Å². The largest absolute Gasteiger partial charge is 0.468 e. The van der Waals surface area contributed by atoms with E-state index in [9.17, 15) is 4.79 Å². The van der Waals surface area contributed by atoms with Gasteiger partial charge in [0.05, 0.1) is 12.8 Å². The number of benzene rings is 1. The first-order valence-corrected chi connectivity index (χ1v) is 8.18. The lowest BCUT2D eigenvalue weighted by atomic mass is 9.99. The number of nitrogens with zero attached hydrogens (tertiary/aromatic N) is 3. The van der Waals surface area contributed by atoms with Gasteiger partial charge in [0.25, 0.3) is 0 Å². The standard InChI is InChI=1S/C18H23N3O3/c1-14-5-3-4-6-16(14)17(18(22)23-2)21-10-8-20(9-11-21)13-15-7-12-24-19-15/h3-7,12,17H,8-11,13H2,1-2H3. The smallest absolute Gasteiger partial charge is 0.327 e. The maximum absolute atomic E-state index is 12.4. The van der Waals surface area contributed by atoms with Crippen molar-refractivity contribution in [3.8, 4) is 0 Å². The third-order valence-corrected chi connectivity index (χ3v) is 4.56. The van der Waals surface area contributed by atoms with E-state index < -0.39 is 0 Å². The van der Waals surface area contributed by atoms with E-state index in [0.717, 1.165) is 49.5 Å². The van der Waals surface area contributed by atoms with Crippen LogP contribution in [0.15, 0.2) is 41.1 Å². The van der Waals surface area contributed by atoms with Crippen molar-refractivity contribution in [2.24, 2.45) is 0 Å². The summed E-state index contributed by atoms with van der Waals surface area (Å²) in [5.41, 5.74) is 3.07. The van der Waals surface area contributed by atoms with Gasteiger partial charge in [-0.25, -0.2) is 4.79 Å². The minimum Gasteiger partial charge on any atom is -0.468 e. The van der Waals surface area contributed by atoms with E-state index in [1.807, 2.05) is 37.3 Å². The number of hydrogen-bond donors (Lipinski definition) is 0. The van der Waals surface area contributed by atoms with Crippen LogP contribution >= 0.6 is 0 Å². The molecule has 1 aliphatic heterocycles. The molecule has 2 aromatic rings. The molecule has 1 saturated heterocycles. The quantitative estimate of drug-likeness (QED) is 0.782. The van der Waals surface area contributed by atoms with Crippen LogP contribution in [0.3, 0.4) is 0 Å². The third kappa shape index (κ3) is 3.66. The predicted molar refractivity (Wildman–Crippen MR) is 89.3 cm³/mol. The van der Waals surface area contributed by atoms with Gasteiger partial charge in [-0.1, -0.05) is 29.4 Å². The number of rotatable bonds is 5. The van der Waals surface area contributed by atoms with Crippen LogP contribution in [-0.2, 0) is 16.1 Å². The van der Waals surface area contributed by atoms with Gasteiger partial charge in [-0.2, -0.15) is 0 Å². The zero-order valence-electron chi connectivity index (χ0n) is 14.1. The van der Waals surface area contributed by atoms with Crippen molar-refractivity contribution in [2.75, 3.05) is 33.3 Å². The average Bonchev–Trinajstić information content (AvgIpc) is 3.11. The van der Waals surface area contributed by atoms with Crippen molar-refractivity contribution in [3.05, 3.63) is 53.4 Å². The van der Waals surface area contributed by atoms with Crippen LogP contribution < -0.4 is 0 Å². The fourth-order valence-electron chi connectivity index (χ4n) is 3.21. The van der Waals surface area contributed by atoms with Gasteiger partial charge in [-0.05, 0) is 18.1 Å². The summed E-state index contributed by atoms with van der Waals surface area (Å²) in [7, 11) is 1.45. The molecule has 6 nitrogen and oxygen atoms in total. The second kappa shape index (κ2) is 7.59. The van der Waals surface area contributed by atoms with E-state index in [1.54, 1.807) is 6.26 Å². The van der Waals surface area contributed by atoms with Gasteiger partial charge in [-0.15, -0.1) is 0 Å². The highest BCUT2D eigenvalue weighted by atomic mass is 16.5. The first kappa shape index (κ1) is 16.7. The monoisotopic (exact) mass is 329 g/mol. The minimum atomic E-state index is -0.342. The summed E-state index contributed by atoms with van der Waals surface area (Å²) in [6, 6.07) is 9.55. The molecule has 0 N–H and O–H groups in total. The molecular formula is C18H23N3O3. The topological polar surface area (TPSA) is 58.8 Å². The molecule has 1 fully saturated rings. The minimum absolute atomic E-state index is 0.200. The summed E-state index contributed by atoms with van der Waals surface area (Å²) >= 11 is 0. The van der Waals surface area contributed by atoms with E-state index >= 15 is 0 Å². The Hall–Kier alpha value is -2.18. The summed E-state index contributed by atoms with van der Waals surface area (Å²) in [6.45, 7) is 6.19. The fourth-order valence-corrected chi connectivity index (χ4v) is 3.21. The number of carbonyl (C=O) groups is 1. The van der Waals surface area contributed by atoms with Gasteiger partial charge in [0, 0.05) is 38.8 Å². The van der Waals surface area contributed by atoms with Crippen molar-refractivity contribution in [1.82, 2.24) is 15.0 Å². The molecule has 24 heavy (non-hydrogen) atoms. The molecule has 1 unspecified atom stereocenters. The van der Waals surface area contributed by atoms with Crippen molar-refractivity contribution in [2.45, 2.75) is 19.5 Å². The number of aromatic nitrogens is 1. The molecule has 1 aromatic heterocycles. The second-order valence-corrected chi connectivity index (χ2v) is 6.09. The lowest BCUT2D eigenvalue weighted by Crippen LogP contribution is -2.49. The Morgan fingerprint density at radius 1 is 1.25 bits per heavy atom. The Labute approximate surface area is 142 Å². The molecule has 0 spiro atoms. The Balaban J connectivity index is 1.69. The number of hydrogen-bond acceptors (Lipinski definition) is 6. The van der Waals surface area contributed by atoms with Crippen molar-refractivity contribution >= 4 is 5.97 Å². The van der Waals surface area contributed by atoms with Crippen LogP contribution in [0.1, 0.15) is 22.9 Å². The number of piperazine rings is 1. The lowest BCUT2D eigenvalue weighted by Gasteiger charge is -2.38. The van der Waals surface area contributed by atoms with Gasteiger partial charge in [0.2, 0.25) is 0 Å². The molecule has 0 aliphatic carbocycles. The molecule has 0 saturated carbocycles. The summed E-state index contributed by atoms with van der Waals surface area (Å²) in [5.74, 6) is -0.200. The summed E-state index contributed by atoms with van der Waals surface area (Å²) in [4.78, 5) is 16.9. The molecule has 3 rings (SSSR count). The molecule has 1 atom stereocenters. The van der Waals surface area contributed by atoms with Crippen molar-refractivity contribution < 1.29 is 14.1 Å². The predicted octanol–water partition coefficient (Wildman–Crippen LogP) is 2.01. The Morgan fingerprint density at radius 3 is 2.62 bits per heavy atom. The van der Waals surface area contributed by atoms with Gasteiger partial charge < -0.3 is 9.26 Å². The fraction of sp³-hybridized carbons (Fsp3) is 0.444. The van der Waals surface area contributed by atoms with Gasteiger partial charge >= 0.3 is 5.97 Å². The van der Waals surface area contributed by atoms with E-state index in [2.05, 4.69) is 15.0 Å². The molecule has 1 aromatic carbocycles. The zero-order valence-corrected chi connectivity index (χ0v) is 14.1. The first-order chi connectivity index (χ1) is 11.7. The molecule has 0 radical (unpaired) electrons. The van der Waals surface area contributed by atoms with E-state index in [-0.39, 0.29) is 12.0 Å². The highest BCUT2D eigenvalue weighted by molar-refractivity contribution is 5.78. The summed E-state index contributed by atoms with van der Waals surface area (Å²) in [5, 5.41) is 3.96. The number of esters is 1. The van der Waals surface area contributed by atoms with E-state index in [0.29, 0.717) is 0 Å². The van der Waals surface area contributed by atoms with Crippen LogP contribution in [-0.4, -0.2) is 54.2 Å². The first-order valence-electron chi connectivity index (χ1n) is 8.18. The van der Waals surface area contributed by atoms with Crippen LogP contribution in [0.2, 0.25) is 0 Å². The average molecular weight is 329 g/mol. The van der Waals surface area contributed by atoms with Crippen LogP contribution in [0, 0.1) is 6.92 Å². The highest BCUT2D eigenvalue weighted by Gasteiger charge is 2.32. The second-order valence-electron chi connectivity index (χ2n) is 6.09. The maximum Gasteiger partial charge on any atom is 0.327 e. The summed E-state index contributed by atoms with van der Waals surface area (Å²) in [6.07, 6.45) is 1.59. The molecule has 128 valence electrons. The highest BCUT2D eigenvalue weighted by Crippen LogP contribution is 2.26.